The maximum Gasteiger partial charge on any atom is 0.255 e. The van der Waals surface area contributed by atoms with Crippen LogP contribution in [0.4, 0.5) is 0 Å². The number of nitrogens with two attached hydrogens (primary N) is 1. The van der Waals surface area contributed by atoms with Gasteiger partial charge in [0.05, 0.1) is 11.5 Å². The highest BCUT2D eigenvalue weighted by Gasteiger charge is 2.29. The third-order valence-electron chi connectivity index (χ3n) is 3.68. The molecule has 1 aromatic carbocycles. The van der Waals surface area contributed by atoms with Crippen LogP contribution in [0.3, 0.4) is 0 Å². The summed E-state index contributed by atoms with van der Waals surface area (Å²) in [5.74, 6) is -0.284. The van der Waals surface area contributed by atoms with Gasteiger partial charge in [-0.2, -0.15) is 0 Å². The van der Waals surface area contributed by atoms with Gasteiger partial charge < -0.3 is 16.0 Å². The average Bonchev–Trinajstić information content (AvgIpc) is 2.52. The van der Waals surface area contributed by atoms with Crippen molar-refractivity contribution < 1.29 is 9.59 Å². The van der Waals surface area contributed by atoms with Crippen LogP contribution < -0.4 is 11.1 Å². The van der Waals surface area contributed by atoms with Crippen molar-refractivity contribution in [1.82, 2.24) is 10.2 Å². The monoisotopic (exact) mass is 387 g/mol. The molecule has 1 aromatic rings. The van der Waals surface area contributed by atoms with Crippen LogP contribution in [-0.4, -0.2) is 42.9 Å². The molecule has 1 aliphatic rings. The highest BCUT2D eigenvalue weighted by atomic mass is 79.9. The molecular formula is C15H19BrClN3O2. The van der Waals surface area contributed by atoms with Crippen LogP contribution in [0, 0.1) is 5.92 Å². The van der Waals surface area contributed by atoms with Gasteiger partial charge >= 0.3 is 0 Å². The minimum Gasteiger partial charge on any atom is -0.355 e. The standard InChI is InChI=1S/C15H19BrClN3O2/c16-13-8-11(17)3-4-12(13)15(22)20-7-1-2-10(9-20)14(21)19-6-5-18/h3-4,8,10H,1-2,5-7,9,18H2,(H,19,21). The van der Waals surface area contributed by atoms with Crippen molar-refractivity contribution in [2.24, 2.45) is 11.7 Å². The molecular weight excluding hydrogens is 370 g/mol. The van der Waals surface area contributed by atoms with E-state index < -0.39 is 0 Å². The predicted octanol–water partition coefficient (Wildman–Crippen LogP) is 2.03. The Bertz CT molecular complexity index is 568. The van der Waals surface area contributed by atoms with E-state index in [1.54, 1.807) is 23.1 Å². The van der Waals surface area contributed by atoms with Crippen molar-refractivity contribution in [3.63, 3.8) is 0 Å². The molecule has 1 fully saturated rings. The molecule has 0 radical (unpaired) electrons. The smallest absolute Gasteiger partial charge is 0.255 e. The number of nitrogens with one attached hydrogen (secondary N) is 1. The number of benzene rings is 1. The van der Waals surface area contributed by atoms with Gasteiger partial charge in [-0.05, 0) is 47.0 Å². The summed E-state index contributed by atoms with van der Waals surface area (Å²) >= 11 is 9.27. The molecule has 0 spiro atoms. The first kappa shape index (κ1) is 17.2. The second-order valence-electron chi connectivity index (χ2n) is 5.29. The lowest BCUT2D eigenvalue weighted by Crippen LogP contribution is -2.46. The number of carbonyl (C=O) groups excluding carboxylic acids is 2. The molecule has 5 nitrogen and oxygen atoms in total. The number of likely N-dealkylation sites (tertiary alicyclic amines) is 1. The zero-order chi connectivity index (χ0) is 16.1. The van der Waals surface area contributed by atoms with Gasteiger partial charge in [-0.3, -0.25) is 9.59 Å². The Labute approximate surface area is 143 Å². The van der Waals surface area contributed by atoms with E-state index in [4.69, 9.17) is 17.3 Å². The molecule has 22 heavy (non-hydrogen) atoms. The Balaban J connectivity index is 2.05. The van der Waals surface area contributed by atoms with Crippen LogP contribution in [-0.2, 0) is 4.79 Å². The van der Waals surface area contributed by atoms with E-state index >= 15 is 0 Å². The molecule has 1 heterocycles. The van der Waals surface area contributed by atoms with E-state index in [0.717, 1.165) is 12.8 Å². The Hall–Kier alpha value is -1.11. The van der Waals surface area contributed by atoms with Crippen LogP contribution in [0.5, 0.6) is 0 Å². The zero-order valence-corrected chi connectivity index (χ0v) is 14.5. The molecule has 1 atom stereocenters. The first-order valence-corrected chi connectivity index (χ1v) is 8.42. The van der Waals surface area contributed by atoms with E-state index in [9.17, 15) is 9.59 Å². The summed E-state index contributed by atoms with van der Waals surface area (Å²) in [5.41, 5.74) is 5.95. The summed E-state index contributed by atoms with van der Waals surface area (Å²) in [5, 5.41) is 3.36. The number of hydrogen-bond donors (Lipinski definition) is 2. The molecule has 0 aromatic heterocycles. The zero-order valence-electron chi connectivity index (χ0n) is 12.1. The van der Waals surface area contributed by atoms with Crippen molar-refractivity contribution >= 4 is 39.3 Å². The summed E-state index contributed by atoms with van der Waals surface area (Å²) in [4.78, 5) is 26.4. The molecule has 0 saturated carbocycles. The number of piperidine rings is 1. The Morgan fingerprint density at radius 2 is 2.23 bits per heavy atom. The number of amides is 2. The summed E-state index contributed by atoms with van der Waals surface area (Å²) in [7, 11) is 0. The second-order valence-corrected chi connectivity index (χ2v) is 6.58. The van der Waals surface area contributed by atoms with Gasteiger partial charge in [0.2, 0.25) is 5.91 Å². The summed E-state index contributed by atoms with van der Waals surface area (Å²) in [6.07, 6.45) is 1.61. The summed E-state index contributed by atoms with van der Waals surface area (Å²) < 4.78 is 0.666. The normalized spacial score (nSPS) is 18.1. The van der Waals surface area contributed by atoms with E-state index in [2.05, 4.69) is 21.2 Å². The molecule has 120 valence electrons. The molecule has 0 aliphatic carbocycles. The Morgan fingerprint density at radius 1 is 1.45 bits per heavy atom. The second kappa shape index (κ2) is 7.94. The minimum atomic E-state index is -0.171. The highest BCUT2D eigenvalue weighted by molar-refractivity contribution is 9.10. The third kappa shape index (κ3) is 4.21. The SMILES string of the molecule is NCCNC(=O)C1CCCN(C(=O)c2ccc(Cl)cc2Br)C1. The van der Waals surface area contributed by atoms with Crippen LogP contribution in [0.25, 0.3) is 0 Å². The molecule has 7 heteroatoms. The van der Waals surface area contributed by atoms with Crippen molar-refractivity contribution in [1.29, 1.82) is 0 Å². The van der Waals surface area contributed by atoms with Gasteiger partial charge in [0.15, 0.2) is 0 Å². The topological polar surface area (TPSA) is 75.4 Å². The quantitative estimate of drug-likeness (QED) is 0.829. The van der Waals surface area contributed by atoms with Crippen molar-refractivity contribution in [2.45, 2.75) is 12.8 Å². The Kier molecular flexibility index (Phi) is 6.23. The minimum absolute atomic E-state index is 0.0295. The molecule has 1 aliphatic heterocycles. The van der Waals surface area contributed by atoms with Crippen molar-refractivity contribution in [3.05, 3.63) is 33.3 Å². The maximum atomic E-state index is 12.6. The van der Waals surface area contributed by atoms with E-state index in [0.29, 0.717) is 41.2 Å². The maximum absolute atomic E-state index is 12.6. The van der Waals surface area contributed by atoms with E-state index in [1.165, 1.54) is 0 Å². The van der Waals surface area contributed by atoms with Gasteiger partial charge in [0.1, 0.15) is 0 Å². The van der Waals surface area contributed by atoms with Gasteiger partial charge in [0, 0.05) is 35.7 Å². The van der Waals surface area contributed by atoms with Gasteiger partial charge in [-0.25, -0.2) is 0 Å². The summed E-state index contributed by atoms with van der Waals surface area (Å²) in [6.45, 7) is 1.98. The highest BCUT2D eigenvalue weighted by Crippen LogP contribution is 2.25. The van der Waals surface area contributed by atoms with E-state index in [-0.39, 0.29) is 17.7 Å². The predicted molar refractivity (Wildman–Crippen MR) is 89.8 cm³/mol. The molecule has 3 N–H and O–H groups in total. The average molecular weight is 389 g/mol. The molecule has 2 rings (SSSR count). The largest absolute Gasteiger partial charge is 0.355 e. The fourth-order valence-corrected chi connectivity index (χ4v) is 3.40. The molecule has 1 unspecified atom stereocenters. The third-order valence-corrected chi connectivity index (χ3v) is 4.58. The molecule has 1 saturated heterocycles. The first-order valence-electron chi connectivity index (χ1n) is 7.25. The van der Waals surface area contributed by atoms with Crippen LogP contribution in [0.1, 0.15) is 23.2 Å². The van der Waals surface area contributed by atoms with Gasteiger partial charge in [-0.1, -0.05) is 11.6 Å². The number of nitrogens with zero attached hydrogens (tertiary/aromatic N) is 1. The first-order chi connectivity index (χ1) is 10.5. The number of halogens is 2. The molecule has 0 bridgehead atoms. The fourth-order valence-electron chi connectivity index (χ4n) is 2.55. The fraction of sp³-hybridized carbons (Fsp3) is 0.467. The number of rotatable bonds is 4. The lowest BCUT2D eigenvalue weighted by atomic mass is 9.96. The lowest BCUT2D eigenvalue weighted by molar-refractivity contribution is -0.126. The van der Waals surface area contributed by atoms with Gasteiger partial charge in [-0.15, -0.1) is 0 Å². The van der Waals surface area contributed by atoms with Crippen molar-refractivity contribution in [3.8, 4) is 0 Å². The number of carbonyl (C=O) groups is 2. The molecule has 2 amide bonds. The van der Waals surface area contributed by atoms with Crippen molar-refractivity contribution in [2.75, 3.05) is 26.2 Å². The Morgan fingerprint density at radius 3 is 2.91 bits per heavy atom. The van der Waals surface area contributed by atoms with Gasteiger partial charge in [0.25, 0.3) is 5.91 Å². The van der Waals surface area contributed by atoms with Crippen LogP contribution >= 0.6 is 27.5 Å². The van der Waals surface area contributed by atoms with Crippen LogP contribution in [0.2, 0.25) is 5.02 Å². The lowest BCUT2D eigenvalue weighted by Gasteiger charge is -2.32. The van der Waals surface area contributed by atoms with Crippen LogP contribution in [0.15, 0.2) is 22.7 Å². The summed E-state index contributed by atoms with van der Waals surface area (Å²) in [6, 6.07) is 5.09. The van der Waals surface area contributed by atoms with E-state index in [1.807, 2.05) is 0 Å². The number of hydrogen-bond acceptors (Lipinski definition) is 3.